The van der Waals surface area contributed by atoms with Gasteiger partial charge in [0.15, 0.2) is 0 Å². The highest BCUT2D eigenvalue weighted by atomic mass is 16.2. The zero-order valence-electron chi connectivity index (χ0n) is 10.7. The standard InChI is InChI=1S/C16H14N2O2/c17-15(13-9-5-2-6-10-13)14(16(20)18-11-19)12-7-3-1-4-8-12/h1-11H,17H2,(H,18,19,20)/b15-14-. The third-order valence-corrected chi connectivity index (χ3v) is 2.83. The van der Waals surface area contributed by atoms with Crippen molar-refractivity contribution in [3.63, 3.8) is 0 Å². The summed E-state index contributed by atoms with van der Waals surface area (Å²) in [6, 6.07) is 18.2. The van der Waals surface area contributed by atoms with E-state index in [2.05, 4.69) is 5.32 Å². The maximum absolute atomic E-state index is 12.1. The number of hydrogen-bond acceptors (Lipinski definition) is 3. The fourth-order valence-corrected chi connectivity index (χ4v) is 1.90. The number of nitrogens with two attached hydrogens (primary N) is 1. The summed E-state index contributed by atoms with van der Waals surface area (Å²) in [6.45, 7) is 0. The molecule has 3 N–H and O–H groups in total. The van der Waals surface area contributed by atoms with E-state index >= 15 is 0 Å². The monoisotopic (exact) mass is 266 g/mol. The minimum Gasteiger partial charge on any atom is -0.398 e. The van der Waals surface area contributed by atoms with Gasteiger partial charge in [0.05, 0.1) is 11.3 Å². The van der Waals surface area contributed by atoms with Gasteiger partial charge < -0.3 is 5.73 Å². The molecule has 0 aromatic heterocycles. The molecule has 4 nitrogen and oxygen atoms in total. The molecule has 0 fully saturated rings. The van der Waals surface area contributed by atoms with Crippen LogP contribution in [0.15, 0.2) is 60.7 Å². The molecule has 0 saturated heterocycles. The molecule has 0 saturated carbocycles. The number of rotatable bonds is 4. The zero-order valence-corrected chi connectivity index (χ0v) is 10.7. The van der Waals surface area contributed by atoms with Crippen LogP contribution in [0.5, 0.6) is 0 Å². The predicted octanol–water partition coefficient (Wildman–Crippen LogP) is 1.79. The van der Waals surface area contributed by atoms with Gasteiger partial charge in [-0.25, -0.2) is 0 Å². The van der Waals surface area contributed by atoms with Gasteiger partial charge in [0, 0.05) is 0 Å². The summed E-state index contributed by atoms with van der Waals surface area (Å²) in [5.74, 6) is -0.521. The number of amides is 2. The van der Waals surface area contributed by atoms with E-state index in [0.717, 1.165) is 5.56 Å². The topological polar surface area (TPSA) is 72.2 Å². The van der Waals surface area contributed by atoms with Crippen molar-refractivity contribution in [2.75, 3.05) is 0 Å². The van der Waals surface area contributed by atoms with Crippen molar-refractivity contribution >= 4 is 23.6 Å². The average molecular weight is 266 g/mol. The third-order valence-electron chi connectivity index (χ3n) is 2.83. The van der Waals surface area contributed by atoms with E-state index in [1.807, 2.05) is 48.5 Å². The first kappa shape index (κ1) is 13.5. The van der Waals surface area contributed by atoms with Gasteiger partial charge in [-0.15, -0.1) is 0 Å². The van der Waals surface area contributed by atoms with E-state index in [4.69, 9.17) is 5.73 Å². The van der Waals surface area contributed by atoms with Crippen LogP contribution in [0, 0.1) is 0 Å². The molecule has 2 rings (SSSR count). The number of nitrogens with one attached hydrogen (secondary N) is 1. The van der Waals surface area contributed by atoms with Crippen molar-refractivity contribution in [3.8, 4) is 0 Å². The minimum atomic E-state index is -0.521. The van der Waals surface area contributed by atoms with Crippen LogP contribution in [-0.2, 0) is 9.59 Å². The van der Waals surface area contributed by atoms with Crippen molar-refractivity contribution in [2.24, 2.45) is 5.73 Å². The van der Waals surface area contributed by atoms with Crippen molar-refractivity contribution in [1.29, 1.82) is 0 Å². The van der Waals surface area contributed by atoms with Crippen LogP contribution in [0.25, 0.3) is 11.3 Å². The van der Waals surface area contributed by atoms with E-state index in [1.54, 1.807) is 12.1 Å². The summed E-state index contributed by atoms with van der Waals surface area (Å²) >= 11 is 0. The maximum Gasteiger partial charge on any atom is 0.260 e. The fourth-order valence-electron chi connectivity index (χ4n) is 1.90. The van der Waals surface area contributed by atoms with E-state index in [0.29, 0.717) is 17.7 Å². The average Bonchev–Trinajstić information content (AvgIpc) is 2.50. The zero-order chi connectivity index (χ0) is 14.4. The van der Waals surface area contributed by atoms with Crippen LogP contribution in [0.2, 0.25) is 0 Å². The first-order chi connectivity index (χ1) is 9.74. The highest BCUT2D eigenvalue weighted by molar-refractivity contribution is 6.28. The summed E-state index contributed by atoms with van der Waals surface area (Å²) in [6.07, 6.45) is 0.351. The molecule has 100 valence electrons. The molecule has 0 atom stereocenters. The second kappa shape index (κ2) is 6.33. The van der Waals surface area contributed by atoms with Gasteiger partial charge in [0.2, 0.25) is 6.41 Å². The van der Waals surface area contributed by atoms with Crippen molar-refractivity contribution in [3.05, 3.63) is 71.8 Å². The van der Waals surface area contributed by atoms with E-state index in [-0.39, 0.29) is 5.57 Å². The molecule has 4 heteroatoms. The summed E-state index contributed by atoms with van der Waals surface area (Å²) in [4.78, 5) is 22.6. The van der Waals surface area contributed by atoms with Gasteiger partial charge in [0.1, 0.15) is 0 Å². The van der Waals surface area contributed by atoms with Crippen molar-refractivity contribution < 1.29 is 9.59 Å². The molecule has 2 aromatic carbocycles. The largest absolute Gasteiger partial charge is 0.398 e. The molecular formula is C16H14N2O2. The Morgan fingerprint density at radius 1 is 0.900 bits per heavy atom. The number of carbonyl (C=O) groups is 2. The van der Waals surface area contributed by atoms with Gasteiger partial charge in [-0.2, -0.15) is 0 Å². The smallest absolute Gasteiger partial charge is 0.260 e. The normalized spacial score (nSPS) is 11.4. The number of hydrogen-bond donors (Lipinski definition) is 2. The maximum atomic E-state index is 12.1. The quantitative estimate of drug-likeness (QED) is 0.503. The second-order valence-electron chi connectivity index (χ2n) is 4.11. The molecule has 0 aliphatic carbocycles. The second-order valence-corrected chi connectivity index (χ2v) is 4.11. The molecular weight excluding hydrogens is 252 g/mol. The molecule has 2 amide bonds. The Morgan fingerprint density at radius 3 is 1.90 bits per heavy atom. The Bertz CT molecular complexity index is 634. The Morgan fingerprint density at radius 2 is 1.40 bits per heavy atom. The van der Waals surface area contributed by atoms with E-state index in [1.165, 1.54) is 0 Å². The predicted molar refractivity (Wildman–Crippen MR) is 78.1 cm³/mol. The summed E-state index contributed by atoms with van der Waals surface area (Å²) in [7, 11) is 0. The lowest BCUT2D eigenvalue weighted by atomic mass is 9.99. The molecule has 0 radical (unpaired) electrons. The van der Waals surface area contributed by atoms with Gasteiger partial charge in [-0.05, 0) is 11.1 Å². The number of imide groups is 1. The molecule has 20 heavy (non-hydrogen) atoms. The lowest BCUT2D eigenvalue weighted by Crippen LogP contribution is -2.24. The highest BCUT2D eigenvalue weighted by Crippen LogP contribution is 2.22. The first-order valence-corrected chi connectivity index (χ1v) is 6.09. The lowest BCUT2D eigenvalue weighted by molar-refractivity contribution is -0.121. The SMILES string of the molecule is N/C(=C(\C(=O)NC=O)c1ccccc1)c1ccccc1. The van der Waals surface area contributed by atoms with Gasteiger partial charge in [-0.1, -0.05) is 60.7 Å². The van der Waals surface area contributed by atoms with Crippen LogP contribution in [-0.4, -0.2) is 12.3 Å². The van der Waals surface area contributed by atoms with E-state index < -0.39 is 5.91 Å². The fraction of sp³-hybridized carbons (Fsp3) is 0. The molecule has 0 aliphatic heterocycles. The Labute approximate surface area is 116 Å². The summed E-state index contributed by atoms with van der Waals surface area (Å²) in [5, 5.41) is 2.14. The molecule has 0 bridgehead atoms. The third kappa shape index (κ3) is 2.92. The summed E-state index contributed by atoms with van der Waals surface area (Å²) < 4.78 is 0. The van der Waals surface area contributed by atoms with Crippen LogP contribution < -0.4 is 11.1 Å². The van der Waals surface area contributed by atoms with Crippen LogP contribution in [0.1, 0.15) is 11.1 Å². The number of benzene rings is 2. The molecule has 0 aliphatic rings. The molecule has 0 heterocycles. The Balaban J connectivity index is 2.57. The lowest BCUT2D eigenvalue weighted by Gasteiger charge is -2.11. The summed E-state index contributed by atoms with van der Waals surface area (Å²) in [5.41, 5.74) is 8.11. The number of carbonyl (C=O) groups excluding carboxylic acids is 2. The van der Waals surface area contributed by atoms with Crippen LogP contribution in [0.4, 0.5) is 0 Å². The van der Waals surface area contributed by atoms with Gasteiger partial charge in [-0.3, -0.25) is 14.9 Å². The molecule has 0 unspecified atom stereocenters. The Kier molecular flexibility index (Phi) is 4.29. The van der Waals surface area contributed by atoms with Crippen LogP contribution >= 0.6 is 0 Å². The Hall–Kier alpha value is -2.88. The van der Waals surface area contributed by atoms with Gasteiger partial charge >= 0.3 is 0 Å². The van der Waals surface area contributed by atoms with Crippen LogP contribution in [0.3, 0.4) is 0 Å². The van der Waals surface area contributed by atoms with Crippen molar-refractivity contribution in [1.82, 2.24) is 5.32 Å². The van der Waals surface area contributed by atoms with Crippen molar-refractivity contribution in [2.45, 2.75) is 0 Å². The first-order valence-electron chi connectivity index (χ1n) is 6.09. The molecule has 0 spiro atoms. The minimum absolute atomic E-state index is 0.281. The highest BCUT2D eigenvalue weighted by Gasteiger charge is 2.16. The van der Waals surface area contributed by atoms with E-state index in [9.17, 15) is 9.59 Å². The van der Waals surface area contributed by atoms with Gasteiger partial charge in [0.25, 0.3) is 5.91 Å². The molecule has 2 aromatic rings.